The highest BCUT2D eigenvalue weighted by atomic mass is 32.1. The van der Waals surface area contributed by atoms with Crippen LogP contribution in [0.1, 0.15) is 30.6 Å². The quantitative estimate of drug-likeness (QED) is 0.717. The van der Waals surface area contributed by atoms with Crippen molar-refractivity contribution in [2.75, 3.05) is 0 Å². The molecule has 0 bridgehead atoms. The van der Waals surface area contributed by atoms with Gasteiger partial charge in [0.05, 0.1) is 5.51 Å². The highest BCUT2D eigenvalue weighted by Crippen LogP contribution is 2.34. The van der Waals surface area contributed by atoms with Gasteiger partial charge in [-0.05, 0) is 31.6 Å². The van der Waals surface area contributed by atoms with Crippen LogP contribution in [0.25, 0.3) is 0 Å². The first kappa shape index (κ1) is 10.8. The Balaban J connectivity index is 1.76. The summed E-state index contributed by atoms with van der Waals surface area (Å²) in [5.41, 5.74) is 1.90. The van der Waals surface area contributed by atoms with Gasteiger partial charge in [-0.2, -0.15) is 0 Å². The maximum atomic E-state index is 4.09. The first-order valence-corrected chi connectivity index (χ1v) is 6.49. The first-order valence-electron chi connectivity index (χ1n) is 5.62. The Kier molecular flexibility index (Phi) is 3.92. The third kappa shape index (κ3) is 3.43. The van der Waals surface area contributed by atoms with E-state index in [2.05, 4.69) is 16.9 Å². The Morgan fingerprint density at radius 3 is 3.13 bits per heavy atom. The minimum absolute atomic E-state index is 0.685. The van der Waals surface area contributed by atoms with Gasteiger partial charge in [-0.25, -0.2) is 0 Å². The Bertz CT molecular complexity index is 291. The molecule has 0 aliphatic heterocycles. The monoisotopic (exact) mass is 222 g/mol. The van der Waals surface area contributed by atoms with Crippen molar-refractivity contribution in [2.45, 2.75) is 38.3 Å². The summed E-state index contributed by atoms with van der Waals surface area (Å²) in [6.45, 7) is 4.76. The zero-order chi connectivity index (χ0) is 10.5. The lowest BCUT2D eigenvalue weighted by atomic mass is 10.1. The number of allylic oxidation sites excluding steroid dienone is 1. The summed E-state index contributed by atoms with van der Waals surface area (Å²) >= 11 is 1.73. The zero-order valence-corrected chi connectivity index (χ0v) is 9.80. The molecule has 0 aromatic carbocycles. The molecule has 1 aliphatic carbocycles. The second-order valence-electron chi connectivity index (χ2n) is 4.16. The summed E-state index contributed by atoms with van der Waals surface area (Å²) < 4.78 is 0. The fraction of sp³-hybridized carbons (Fsp3) is 0.583. The predicted molar refractivity (Wildman–Crippen MR) is 64.9 cm³/mol. The fourth-order valence-corrected chi connectivity index (χ4v) is 2.41. The van der Waals surface area contributed by atoms with Crippen molar-refractivity contribution < 1.29 is 0 Å². The minimum atomic E-state index is 0.685. The average Bonchev–Trinajstić information content (AvgIpc) is 2.95. The summed E-state index contributed by atoms with van der Waals surface area (Å²) in [4.78, 5) is 5.42. The molecule has 0 spiro atoms. The molecule has 0 saturated heterocycles. The summed E-state index contributed by atoms with van der Waals surface area (Å²) in [7, 11) is 0. The number of hydrogen-bond donors (Lipinski definition) is 1. The molecule has 1 N–H and O–H groups in total. The molecule has 1 aromatic heterocycles. The molecule has 1 aromatic rings. The molecule has 2 nitrogen and oxygen atoms in total. The van der Waals surface area contributed by atoms with Crippen LogP contribution >= 0.6 is 11.3 Å². The SMILES string of the molecule is C=CCCC(NCc1cncs1)C1CC1. The predicted octanol–water partition coefficient (Wildman–Crippen LogP) is 2.98. The maximum Gasteiger partial charge on any atom is 0.0794 e. The summed E-state index contributed by atoms with van der Waals surface area (Å²) in [5, 5.41) is 3.64. The van der Waals surface area contributed by atoms with Crippen molar-refractivity contribution in [1.29, 1.82) is 0 Å². The van der Waals surface area contributed by atoms with Gasteiger partial charge in [0.1, 0.15) is 0 Å². The van der Waals surface area contributed by atoms with Gasteiger partial charge in [0.25, 0.3) is 0 Å². The van der Waals surface area contributed by atoms with Crippen LogP contribution in [0.2, 0.25) is 0 Å². The highest BCUT2D eigenvalue weighted by molar-refractivity contribution is 7.09. The van der Waals surface area contributed by atoms with Crippen molar-refractivity contribution >= 4 is 11.3 Å². The summed E-state index contributed by atoms with van der Waals surface area (Å²) in [6, 6.07) is 0.685. The van der Waals surface area contributed by atoms with Gasteiger partial charge in [-0.15, -0.1) is 17.9 Å². The zero-order valence-electron chi connectivity index (χ0n) is 8.98. The molecule has 3 heteroatoms. The molecular formula is C12H18N2S. The summed E-state index contributed by atoms with van der Waals surface area (Å²) in [5.74, 6) is 0.915. The fourth-order valence-electron chi connectivity index (χ4n) is 1.86. The van der Waals surface area contributed by atoms with Crippen molar-refractivity contribution in [3.05, 3.63) is 29.2 Å². The Morgan fingerprint density at radius 1 is 1.67 bits per heavy atom. The van der Waals surface area contributed by atoms with Crippen LogP contribution in [-0.4, -0.2) is 11.0 Å². The number of thiazole rings is 1. The van der Waals surface area contributed by atoms with Crippen molar-refractivity contribution in [3.63, 3.8) is 0 Å². The second kappa shape index (κ2) is 5.42. The van der Waals surface area contributed by atoms with E-state index < -0.39 is 0 Å². The van der Waals surface area contributed by atoms with Crippen molar-refractivity contribution in [3.8, 4) is 0 Å². The Morgan fingerprint density at radius 2 is 2.53 bits per heavy atom. The van der Waals surface area contributed by atoms with Gasteiger partial charge in [-0.1, -0.05) is 6.08 Å². The van der Waals surface area contributed by atoms with E-state index in [-0.39, 0.29) is 0 Å². The average molecular weight is 222 g/mol. The van der Waals surface area contributed by atoms with Crippen LogP contribution in [0.4, 0.5) is 0 Å². The molecule has 1 atom stereocenters. The number of rotatable bonds is 7. The summed E-state index contributed by atoms with van der Waals surface area (Å²) in [6.07, 6.45) is 9.12. The van der Waals surface area contributed by atoms with Crippen LogP contribution < -0.4 is 5.32 Å². The molecule has 15 heavy (non-hydrogen) atoms. The molecule has 82 valence electrons. The van der Waals surface area contributed by atoms with Crippen LogP contribution in [0.5, 0.6) is 0 Å². The molecule has 0 amide bonds. The smallest absolute Gasteiger partial charge is 0.0794 e. The van der Waals surface area contributed by atoms with E-state index in [4.69, 9.17) is 0 Å². The lowest BCUT2D eigenvalue weighted by Crippen LogP contribution is -2.30. The number of hydrogen-bond acceptors (Lipinski definition) is 3. The van der Waals surface area contributed by atoms with E-state index in [1.807, 2.05) is 17.8 Å². The van der Waals surface area contributed by atoms with Gasteiger partial charge in [0.2, 0.25) is 0 Å². The molecule has 2 rings (SSSR count). The Labute approximate surface area is 95.4 Å². The molecule has 1 unspecified atom stereocenters. The Hall–Kier alpha value is -0.670. The largest absolute Gasteiger partial charge is 0.309 e. The van der Waals surface area contributed by atoms with Gasteiger partial charge in [0, 0.05) is 23.7 Å². The third-order valence-electron chi connectivity index (χ3n) is 2.89. The number of nitrogens with zero attached hydrogens (tertiary/aromatic N) is 1. The number of nitrogens with one attached hydrogen (secondary N) is 1. The minimum Gasteiger partial charge on any atom is -0.309 e. The van der Waals surface area contributed by atoms with E-state index in [1.54, 1.807) is 11.3 Å². The lowest BCUT2D eigenvalue weighted by molar-refractivity contribution is 0.438. The third-order valence-corrected chi connectivity index (χ3v) is 3.67. The lowest BCUT2D eigenvalue weighted by Gasteiger charge is -2.16. The number of aromatic nitrogens is 1. The van der Waals surface area contributed by atoms with Gasteiger partial charge < -0.3 is 5.32 Å². The van der Waals surface area contributed by atoms with Crippen LogP contribution in [-0.2, 0) is 6.54 Å². The molecule has 1 aliphatic rings. The first-order chi connectivity index (χ1) is 7.40. The van der Waals surface area contributed by atoms with Crippen molar-refractivity contribution in [1.82, 2.24) is 10.3 Å². The van der Waals surface area contributed by atoms with Gasteiger partial charge in [-0.3, -0.25) is 4.98 Å². The normalized spacial score (nSPS) is 17.6. The van der Waals surface area contributed by atoms with Gasteiger partial charge in [0.15, 0.2) is 0 Å². The van der Waals surface area contributed by atoms with Crippen LogP contribution in [0.15, 0.2) is 24.4 Å². The van der Waals surface area contributed by atoms with Crippen LogP contribution in [0, 0.1) is 5.92 Å². The molecule has 1 saturated carbocycles. The van der Waals surface area contributed by atoms with Crippen LogP contribution in [0.3, 0.4) is 0 Å². The molecular weight excluding hydrogens is 204 g/mol. The van der Waals surface area contributed by atoms with E-state index in [1.165, 1.54) is 24.1 Å². The standard InChI is InChI=1S/C12H18N2S/c1-2-3-4-12(10-5-6-10)14-8-11-7-13-9-15-11/h2,7,9-10,12,14H,1,3-6,8H2. The topological polar surface area (TPSA) is 24.9 Å². The molecule has 1 fully saturated rings. The molecule has 1 heterocycles. The van der Waals surface area contributed by atoms with Gasteiger partial charge >= 0.3 is 0 Å². The second-order valence-corrected chi connectivity index (χ2v) is 5.13. The van der Waals surface area contributed by atoms with E-state index in [0.29, 0.717) is 6.04 Å². The van der Waals surface area contributed by atoms with Crippen molar-refractivity contribution in [2.24, 2.45) is 5.92 Å². The highest BCUT2D eigenvalue weighted by Gasteiger charge is 2.30. The molecule has 0 radical (unpaired) electrons. The van der Waals surface area contributed by atoms with E-state index >= 15 is 0 Å². The van der Waals surface area contributed by atoms with E-state index in [0.717, 1.165) is 18.9 Å². The van der Waals surface area contributed by atoms with E-state index in [9.17, 15) is 0 Å². The maximum absolute atomic E-state index is 4.09.